The van der Waals surface area contributed by atoms with Gasteiger partial charge in [-0.2, -0.15) is 0 Å². The van der Waals surface area contributed by atoms with Crippen LogP contribution in [0.4, 0.5) is 4.39 Å². The first-order valence-corrected chi connectivity index (χ1v) is 11.6. The number of benzene rings is 2. The standard InChI is InChI=1S/C26H34FN3O3/c1-18(2)16-23(29-25(31)22-7-5-4-6-19(22)3)26(32)28-17-24(30-12-14-33-15-13-30)20-8-10-21(27)11-9-20/h4-11,18,23-24H,12-17H2,1-3H3,(H,28,32)(H,29,31). The number of aryl methyl sites for hydroxylation is 1. The highest BCUT2D eigenvalue weighted by Gasteiger charge is 2.27. The summed E-state index contributed by atoms with van der Waals surface area (Å²) < 4.78 is 19.0. The highest BCUT2D eigenvalue weighted by atomic mass is 19.1. The number of hydrogen-bond acceptors (Lipinski definition) is 4. The summed E-state index contributed by atoms with van der Waals surface area (Å²) in [6.07, 6.45) is 0.530. The van der Waals surface area contributed by atoms with Gasteiger partial charge in [-0.3, -0.25) is 14.5 Å². The summed E-state index contributed by atoms with van der Waals surface area (Å²) in [6, 6.07) is 13.0. The van der Waals surface area contributed by atoms with Crippen LogP contribution in [0.2, 0.25) is 0 Å². The van der Waals surface area contributed by atoms with Crippen molar-refractivity contribution < 1.29 is 18.7 Å². The van der Waals surface area contributed by atoms with E-state index in [-0.39, 0.29) is 29.6 Å². The van der Waals surface area contributed by atoms with Crippen LogP contribution in [0, 0.1) is 18.7 Å². The van der Waals surface area contributed by atoms with E-state index in [1.165, 1.54) is 12.1 Å². The molecule has 33 heavy (non-hydrogen) atoms. The molecule has 0 aromatic heterocycles. The molecule has 2 unspecified atom stereocenters. The van der Waals surface area contributed by atoms with E-state index in [4.69, 9.17) is 4.74 Å². The Kier molecular flexibility index (Phi) is 8.97. The first-order valence-electron chi connectivity index (χ1n) is 11.6. The van der Waals surface area contributed by atoms with Gasteiger partial charge in [0, 0.05) is 25.2 Å². The Morgan fingerprint density at radius 3 is 2.36 bits per heavy atom. The van der Waals surface area contributed by atoms with Crippen LogP contribution in [0.5, 0.6) is 0 Å². The number of ether oxygens (including phenoxy) is 1. The number of carbonyl (C=O) groups is 2. The molecule has 2 amide bonds. The Labute approximate surface area is 195 Å². The fourth-order valence-corrected chi connectivity index (χ4v) is 4.12. The lowest BCUT2D eigenvalue weighted by Gasteiger charge is -2.35. The molecule has 7 heteroatoms. The van der Waals surface area contributed by atoms with Gasteiger partial charge in [0.2, 0.25) is 5.91 Å². The smallest absolute Gasteiger partial charge is 0.252 e. The van der Waals surface area contributed by atoms with Crippen LogP contribution in [0.15, 0.2) is 48.5 Å². The predicted octanol–water partition coefficient (Wildman–Crippen LogP) is 3.47. The summed E-state index contributed by atoms with van der Waals surface area (Å²) in [5, 5.41) is 5.96. The second-order valence-electron chi connectivity index (χ2n) is 8.93. The normalized spacial score (nSPS) is 16.3. The number of amides is 2. The van der Waals surface area contributed by atoms with Crippen molar-refractivity contribution in [2.24, 2.45) is 5.92 Å². The highest BCUT2D eigenvalue weighted by molar-refractivity contribution is 5.98. The summed E-state index contributed by atoms with van der Waals surface area (Å²) in [5.41, 5.74) is 2.36. The van der Waals surface area contributed by atoms with Gasteiger partial charge in [0.1, 0.15) is 11.9 Å². The van der Waals surface area contributed by atoms with Crippen LogP contribution >= 0.6 is 0 Å². The number of carbonyl (C=O) groups excluding carboxylic acids is 2. The lowest BCUT2D eigenvalue weighted by molar-refractivity contribution is -0.123. The average Bonchev–Trinajstić information content (AvgIpc) is 2.80. The number of halogens is 1. The molecule has 1 fully saturated rings. The minimum absolute atomic E-state index is 0.106. The van der Waals surface area contributed by atoms with E-state index in [2.05, 4.69) is 15.5 Å². The van der Waals surface area contributed by atoms with Gasteiger partial charge in [-0.1, -0.05) is 44.2 Å². The van der Waals surface area contributed by atoms with Crippen molar-refractivity contribution >= 4 is 11.8 Å². The number of nitrogens with zero attached hydrogens (tertiary/aromatic N) is 1. The molecule has 0 bridgehead atoms. The van der Waals surface area contributed by atoms with Crippen LogP contribution in [0.25, 0.3) is 0 Å². The number of hydrogen-bond donors (Lipinski definition) is 2. The Hall–Kier alpha value is -2.77. The van der Waals surface area contributed by atoms with E-state index in [0.717, 1.165) is 24.2 Å². The SMILES string of the molecule is Cc1ccccc1C(=O)NC(CC(C)C)C(=O)NCC(c1ccc(F)cc1)N1CCOCC1. The van der Waals surface area contributed by atoms with Gasteiger partial charge >= 0.3 is 0 Å². The minimum atomic E-state index is -0.643. The molecule has 0 spiro atoms. The van der Waals surface area contributed by atoms with E-state index in [1.54, 1.807) is 18.2 Å². The van der Waals surface area contributed by atoms with Crippen molar-refractivity contribution in [3.05, 3.63) is 71.0 Å². The number of nitrogens with one attached hydrogen (secondary N) is 2. The van der Waals surface area contributed by atoms with Crippen molar-refractivity contribution in [2.45, 2.75) is 39.3 Å². The van der Waals surface area contributed by atoms with Crippen LogP contribution in [-0.4, -0.2) is 55.6 Å². The summed E-state index contributed by atoms with van der Waals surface area (Å²) in [6.45, 7) is 8.99. The van der Waals surface area contributed by atoms with Crippen molar-refractivity contribution in [1.29, 1.82) is 0 Å². The minimum Gasteiger partial charge on any atom is -0.379 e. The van der Waals surface area contributed by atoms with Crippen molar-refractivity contribution in [2.75, 3.05) is 32.8 Å². The zero-order valence-electron chi connectivity index (χ0n) is 19.6. The predicted molar refractivity (Wildman–Crippen MR) is 126 cm³/mol. The molecule has 0 radical (unpaired) electrons. The lowest BCUT2D eigenvalue weighted by atomic mass is 10.0. The first-order chi connectivity index (χ1) is 15.8. The Morgan fingerprint density at radius 2 is 1.73 bits per heavy atom. The van der Waals surface area contributed by atoms with E-state index >= 15 is 0 Å². The zero-order chi connectivity index (χ0) is 23.8. The molecular formula is C26H34FN3O3. The Balaban J connectivity index is 1.71. The molecule has 2 atom stereocenters. The molecule has 1 aliphatic heterocycles. The maximum absolute atomic E-state index is 13.5. The molecular weight excluding hydrogens is 421 g/mol. The molecule has 0 aliphatic carbocycles. The van der Waals surface area contributed by atoms with Gasteiger partial charge < -0.3 is 15.4 Å². The third-order valence-corrected chi connectivity index (χ3v) is 5.93. The van der Waals surface area contributed by atoms with Gasteiger partial charge in [-0.25, -0.2) is 4.39 Å². The highest BCUT2D eigenvalue weighted by Crippen LogP contribution is 2.22. The van der Waals surface area contributed by atoms with Gasteiger partial charge in [0.05, 0.1) is 19.3 Å². The lowest BCUT2D eigenvalue weighted by Crippen LogP contribution is -2.50. The monoisotopic (exact) mass is 455 g/mol. The molecule has 2 aromatic rings. The van der Waals surface area contributed by atoms with Crippen LogP contribution in [-0.2, 0) is 9.53 Å². The maximum Gasteiger partial charge on any atom is 0.252 e. The molecule has 2 N–H and O–H groups in total. The van der Waals surface area contributed by atoms with Crippen LogP contribution in [0.3, 0.4) is 0 Å². The second-order valence-corrected chi connectivity index (χ2v) is 8.93. The van der Waals surface area contributed by atoms with Crippen molar-refractivity contribution in [3.63, 3.8) is 0 Å². The second kappa shape index (κ2) is 11.9. The van der Waals surface area contributed by atoms with E-state index in [1.807, 2.05) is 39.0 Å². The zero-order valence-corrected chi connectivity index (χ0v) is 19.6. The summed E-state index contributed by atoms with van der Waals surface area (Å²) in [4.78, 5) is 28.3. The molecule has 1 saturated heterocycles. The summed E-state index contributed by atoms with van der Waals surface area (Å²) >= 11 is 0. The van der Waals surface area contributed by atoms with E-state index in [0.29, 0.717) is 31.7 Å². The molecule has 178 valence electrons. The van der Waals surface area contributed by atoms with Crippen LogP contribution < -0.4 is 10.6 Å². The largest absolute Gasteiger partial charge is 0.379 e. The Morgan fingerprint density at radius 1 is 1.06 bits per heavy atom. The number of morpholine rings is 1. The third kappa shape index (κ3) is 7.11. The molecule has 1 heterocycles. The van der Waals surface area contributed by atoms with Gasteiger partial charge in [0.15, 0.2) is 0 Å². The molecule has 6 nitrogen and oxygen atoms in total. The summed E-state index contributed by atoms with van der Waals surface area (Å²) in [5.74, 6) is -0.535. The van der Waals surface area contributed by atoms with E-state index < -0.39 is 6.04 Å². The number of rotatable bonds is 9. The first kappa shape index (κ1) is 24.9. The van der Waals surface area contributed by atoms with Gasteiger partial charge in [0.25, 0.3) is 5.91 Å². The quantitative estimate of drug-likeness (QED) is 0.608. The fraction of sp³-hybridized carbons (Fsp3) is 0.462. The van der Waals surface area contributed by atoms with Gasteiger partial charge in [-0.05, 0) is 48.6 Å². The van der Waals surface area contributed by atoms with Gasteiger partial charge in [-0.15, -0.1) is 0 Å². The molecule has 2 aromatic carbocycles. The summed E-state index contributed by atoms with van der Waals surface area (Å²) in [7, 11) is 0. The Bertz CT molecular complexity index is 927. The third-order valence-electron chi connectivity index (χ3n) is 5.93. The van der Waals surface area contributed by atoms with Crippen LogP contribution in [0.1, 0.15) is 47.8 Å². The van der Waals surface area contributed by atoms with E-state index in [9.17, 15) is 14.0 Å². The molecule has 3 rings (SSSR count). The molecule has 0 saturated carbocycles. The molecule has 1 aliphatic rings. The topological polar surface area (TPSA) is 70.7 Å². The maximum atomic E-state index is 13.5. The average molecular weight is 456 g/mol. The van der Waals surface area contributed by atoms with Crippen molar-refractivity contribution in [3.8, 4) is 0 Å². The van der Waals surface area contributed by atoms with Crippen molar-refractivity contribution in [1.82, 2.24) is 15.5 Å². The fourth-order valence-electron chi connectivity index (χ4n) is 4.12.